The van der Waals surface area contributed by atoms with Gasteiger partial charge in [-0.2, -0.15) is 12.6 Å². The number of rotatable bonds is 12. The van der Waals surface area contributed by atoms with Crippen molar-refractivity contribution in [2.45, 2.75) is 31.0 Å². The Kier molecular flexibility index (Phi) is 9.24. The summed E-state index contributed by atoms with van der Waals surface area (Å²) in [5, 5.41) is 25.5. The Morgan fingerprint density at radius 3 is 2.36 bits per heavy atom. The molecule has 0 spiro atoms. The fourth-order valence-corrected chi connectivity index (χ4v) is 3.26. The summed E-state index contributed by atoms with van der Waals surface area (Å²) in [6, 6.07) is 3.60. The van der Waals surface area contributed by atoms with Crippen molar-refractivity contribution in [1.29, 1.82) is 0 Å². The second-order valence-electron chi connectivity index (χ2n) is 7.19. The zero-order valence-corrected chi connectivity index (χ0v) is 18.3. The Hall–Kier alpha value is -3.58. The second-order valence-corrected chi connectivity index (χ2v) is 7.55. The Morgan fingerprint density at radius 2 is 1.73 bits per heavy atom. The van der Waals surface area contributed by atoms with Crippen molar-refractivity contribution in [1.82, 2.24) is 20.9 Å². The molecule has 0 saturated heterocycles. The van der Waals surface area contributed by atoms with E-state index in [2.05, 4.69) is 33.6 Å². The number of hydrogen-bond donors (Lipinski definition) is 8. The number of H-pyrrole nitrogens is 1. The molecule has 3 atom stereocenters. The van der Waals surface area contributed by atoms with Crippen LogP contribution in [0.2, 0.25) is 0 Å². The molecule has 178 valence electrons. The summed E-state index contributed by atoms with van der Waals surface area (Å²) in [5.74, 6) is -5.32. The minimum Gasteiger partial charge on any atom is -0.481 e. The maximum atomic E-state index is 12.5. The lowest BCUT2D eigenvalue weighted by Crippen LogP contribution is -2.54. The number of aromatic amines is 1. The molecule has 2 aromatic rings. The fraction of sp³-hybridized carbons (Fsp3) is 0.350. The molecule has 0 aliphatic heterocycles. The van der Waals surface area contributed by atoms with Gasteiger partial charge in [0.25, 0.3) is 0 Å². The maximum Gasteiger partial charge on any atom is 0.327 e. The van der Waals surface area contributed by atoms with Crippen LogP contribution in [0.15, 0.2) is 30.5 Å². The minimum atomic E-state index is -1.49. The number of amides is 3. The third kappa shape index (κ3) is 7.50. The summed E-state index contributed by atoms with van der Waals surface area (Å²) < 4.78 is 0. The second kappa shape index (κ2) is 11.9. The number of carboxylic acids is 2. The van der Waals surface area contributed by atoms with Gasteiger partial charge in [0.05, 0.1) is 19.0 Å². The number of carboxylic acid groups (broad SMARTS) is 2. The van der Waals surface area contributed by atoms with Crippen LogP contribution in [-0.4, -0.2) is 75.3 Å². The van der Waals surface area contributed by atoms with E-state index in [-0.39, 0.29) is 12.2 Å². The first-order valence-corrected chi connectivity index (χ1v) is 10.5. The number of thiol groups is 1. The van der Waals surface area contributed by atoms with Crippen LogP contribution in [0, 0.1) is 0 Å². The van der Waals surface area contributed by atoms with E-state index in [0.29, 0.717) is 0 Å². The van der Waals surface area contributed by atoms with E-state index in [4.69, 9.17) is 15.9 Å². The number of nitrogens with two attached hydrogens (primary N) is 1. The van der Waals surface area contributed by atoms with Gasteiger partial charge in [-0.05, 0) is 18.1 Å². The van der Waals surface area contributed by atoms with Crippen LogP contribution < -0.4 is 21.7 Å². The molecule has 0 saturated carbocycles. The summed E-state index contributed by atoms with van der Waals surface area (Å²) in [7, 11) is 0. The fourth-order valence-electron chi connectivity index (χ4n) is 3.01. The molecule has 0 bridgehead atoms. The lowest BCUT2D eigenvalue weighted by molar-refractivity contribution is -0.142. The average Bonchev–Trinajstić information content (AvgIpc) is 3.17. The van der Waals surface area contributed by atoms with Crippen molar-refractivity contribution in [2.24, 2.45) is 5.73 Å². The normalized spacial score (nSPS) is 13.5. The quantitative estimate of drug-likeness (QED) is 0.170. The highest BCUT2D eigenvalue weighted by Gasteiger charge is 2.27. The molecule has 12 nitrogen and oxygen atoms in total. The van der Waals surface area contributed by atoms with Crippen LogP contribution in [0.4, 0.5) is 0 Å². The van der Waals surface area contributed by atoms with Crippen molar-refractivity contribution < 1.29 is 34.2 Å². The van der Waals surface area contributed by atoms with Crippen molar-refractivity contribution >= 4 is 53.2 Å². The van der Waals surface area contributed by atoms with Gasteiger partial charge >= 0.3 is 11.9 Å². The summed E-state index contributed by atoms with van der Waals surface area (Å²) in [6.07, 6.45) is 1.11. The smallest absolute Gasteiger partial charge is 0.327 e. The first-order chi connectivity index (χ1) is 15.6. The zero-order chi connectivity index (χ0) is 24.5. The Bertz CT molecular complexity index is 1040. The van der Waals surface area contributed by atoms with E-state index in [1.807, 2.05) is 24.3 Å². The van der Waals surface area contributed by atoms with E-state index in [1.54, 1.807) is 6.20 Å². The summed E-state index contributed by atoms with van der Waals surface area (Å²) >= 11 is 3.81. The minimum absolute atomic E-state index is 0.139. The maximum absolute atomic E-state index is 12.5. The molecule has 33 heavy (non-hydrogen) atoms. The van der Waals surface area contributed by atoms with Crippen molar-refractivity contribution in [3.8, 4) is 0 Å². The number of hydrogen-bond acceptors (Lipinski definition) is 7. The van der Waals surface area contributed by atoms with Gasteiger partial charge in [0.2, 0.25) is 17.7 Å². The number of carbonyl (C=O) groups excluding carboxylic acids is 3. The Balaban J connectivity index is 1.96. The largest absolute Gasteiger partial charge is 0.481 e. The van der Waals surface area contributed by atoms with E-state index < -0.39 is 60.8 Å². The van der Waals surface area contributed by atoms with Gasteiger partial charge in [-0.15, -0.1) is 0 Å². The lowest BCUT2D eigenvalue weighted by atomic mass is 10.0. The van der Waals surface area contributed by atoms with Crippen molar-refractivity contribution in [3.63, 3.8) is 0 Å². The number of aromatic nitrogens is 1. The van der Waals surface area contributed by atoms with Gasteiger partial charge in [-0.25, -0.2) is 4.79 Å². The molecular formula is C20H25N5O7S. The SMILES string of the molecule is NC(Cc1c[nH]c2ccccc12)C(=O)NC(CC(=O)O)C(=O)NCC(=O)NC(CS)C(=O)O. The van der Waals surface area contributed by atoms with Crippen molar-refractivity contribution in [3.05, 3.63) is 36.0 Å². The van der Waals surface area contributed by atoms with Crippen LogP contribution in [0.25, 0.3) is 10.9 Å². The van der Waals surface area contributed by atoms with E-state index in [9.17, 15) is 24.0 Å². The zero-order valence-electron chi connectivity index (χ0n) is 17.4. The first-order valence-electron chi connectivity index (χ1n) is 9.85. The molecule has 3 amide bonds. The van der Waals surface area contributed by atoms with Crippen LogP contribution in [0.5, 0.6) is 0 Å². The van der Waals surface area contributed by atoms with Gasteiger partial charge in [0.1, 0.15) is 12.1 Å². The number of benzene rings is 1. The predicted molar refractivity (Wildman–Crippen MR) is 121 cm³/mol. The van der Waals surface area contributed by atoms with Gasteiger partial charge in [-0.1, -0.05) is 18.2 Å². The van der Waals surface area contributed by atoms with Gasteiger partial charge in [0, 0.05) is 22.9 Å². The Labute approximate surface area is 193 Å². The van der Waals surface area contributed by atoms with Gasteiger partial charge in [-0.3, -0.25) is 19.2 Å². The lowest BCUT2D eigenvalue weighted by Gasteiger charge is -2.19. The molecule has 1 heterocycles. The number of nitrogens with one attached hydrogen (secondary N) is 4. The molecule has 0 aliphatic carbocycles. The van der Waals surface area contributed by atoms with E-state index >= 15 is 0 Å². The number of aliphatic carboxylic acids is 2. The third-order valence-electron chi connectivity index (χ3n) is 4.70. The van der Waals surface area contributed by atoms with E-state index in [0.717, 1.165) is 16.5 Å². The predicted octanol–water partition coefficient (Wildman–Crippen LogP) is -1.39. The topological polar surface area (TPSA) is 204 Å². The molecule has 0 fully saturated rings. The van der Waals surface area contributed by atoms with Crippen LogP contribution in [0.1, 0.15) is 12.0 Å². The standard InChI is InChI=1S/C20H25N5O7S/c21-12(5-10-7-22-13-4-2-1-3-11(10)13)18(29)25-14(6-17(27)28)19(30)23-8-16(26)24-15(9-33)20(31)32/h1-4,7,12,14-15,22,33H,5-6,8-9,21H2,(H,23,30)(H,24,26)(H,25,29)(H,27,28)(H,31,32). The molecule has 8 N–H and O–H groups in total. The summed E-state index contributed by atoms with van der Waals surface area (Å²) in [4.78, 5) is 61.9. The average molecular weight is 480 g/mol. The number of carbonyl (C=O) groups is 5. The molecular weight excluding hydrogens is 454 g/mol. The number of fused-ring (bicyclic) bond motifs is 1. The monoisotopic (exact) mass is 479 g/mol. The van der Waals surface area contributed by atoms with E-state index in [1.165, 1.54) is 0 Å². The molecule has 1 aromatic carbocycles. The first kappa shape index (κ1) is 25.7. The highest BCUT2D eigenvalue weighted by molar-refractivity contribution is 7.80. The molecule has 1 aromatic heterocycles. The molecule has 3 unspecified atom stereocenters. The van der Waals surface area contributed by atoms with Gasteiger partial charge in [0.15, 0.2) is 0 Å². The van der Waals surface area contributed by atoms with Crippen LogP contribution >= 0.6 is 12.6 Å². The third-order valence-corrected chi connectivity index (χ3v) is 5.07. The molecule has 0 aliphatic rings. The highest BCUT2D eigenvalue weighted by Crippen LogP contribution is 2.18. The van der Waals surface area contributed by atoms with Crippen molar-refractivity contribution in [2.75, 3.05) is 12.3 Å². The van der Waals surface area contributed by atoms with Gasteiger partial charge < -0.3 is 36.9 Å². The summed E-state index contributed by atoms with van der Waals surface area (Å²) in [5.41, 5.74) is 7.61. The number of para-hydroxylation sites is 1. The van der Waals surface area contributed by atoms with Crippen LogP contribution in [0.3, 0.4) is 0 Å². The molecule has 2 rings (SSSR count). The summed E-state index contributed by atoms with van der Waals surface area (Å²) in [6.45, 7) is -0.621. The molecule has 0 radical (unpaired) electrons. The molecule has 13 heteroatoms. The van der Waals surface area contributed by atoms with Crippen LogP contribution in [-0.2, 0) is 30.4 Å². The Morgan fingerprint density at radius 1 is 1.03 bits per heavy atom. The highest BCUT2D eigenvalue weighted by atomic mass is 32.1.